The van der Waals surface area contributed by atoms with E-state index in [2.05, 4.69) is 26.0 Å². The van der Waals surface area contributed by atoms with Gasteiger partial charge in [0.25, 0.3) is 0 Å². The molecule has 0 heterocycles. The Hall–Kier alpha value is -0.410. The Bertz CT molecular complexity index is 543. The van der Waals surface area contributed by atoms with E-state index in [1.165, 1.54) is 13.2 Å². The second kappa shape index (κ2) is 8.78. The van der Waals surface area contributed by atoms with Gasteiger partial charge in [-0.25, -0.2) is 17.5 Å². The molecule has 0 atom stereocenters. The van der Waals surface area contributed by atoms with E-state index in [1.54, 1.807) is 7.05 Å². The fraction of sp³-hybridized carbons (Fsp3) is 0.455. The monoisotopic (exact) mass is 390 g/mol. The third-order valence-corrected chi connectivity index (χ3v) is 4.48. The zero-order valence-electron chi connectivity index (χ0n) is 11.1. The van der Waals surface area contributed by atoms with Crippen LogP contribution in [0.15, 0.2) is 21.5 Å². The molecule has 1 rings (SSSR count). The SMILES string of the molecule is CNCCCNS(=O)(=O)c1cc(F)c(Br)cc1OC.Cl. The lowest BCUT2D eigenvalue weighted by atomic mass is 10.3. The molecule has 0 saturated carbocycles. The highest BCUT2D eigenvalue weighted by Crippen LogP contribution is 2.29. The van der Waals surface area contributed by atoms with Gasteiger partial charge in [-0.05, 0) is 48.1 Å². The summed E-state index contributed by atoms with van der Waals surface area (Å²) >= 11 is 2.98. The van der Waals surface area contributed by atoms with Gasteiger partial charge in [-0.1, -0.05) is 0 Å². The summed E-state index contributed by atoms with van der Waals surface area (Å²) in [5.74, 6) is -0.564. The number of hydrogen-bond acceptors (Lipinski definition) is 4. The van der Waals surface area contributed by atoms with Crippen LogP contribution in [0.3, 0.4) is 0 Å². The predicted molar refractivity (Wildman–Crippen MR) is 81.6 cm³/mol. The van der Waals surface area contributed by atoms with Gasteiger partial charge in [0.05, 0.1) is 11.6 Å². The van der Waals surface area contributed by atoms with Gasteiger partial charge in [0, 0.05) is 6.54 Å². The molecular weight excluding hydrogens is 375 g/mol. The number of rotatable bonds is 7. The van der Waals surface area contributed by atoms with Crippen molar-refractivity contribution in [3.05, 3.63) is 22.4 Å². The average molecular weight is 392 g/mol. The first-order valence-electron chi connectivity index (χ1n) is 5.59. The molecule has 5 nitrogen and oxygen atoms in total. The summed E-state index contributed by atoms with van der Waals surface area (Å²) in [7, 11) is -0.674. The van der Waals surface area contributed by atoms with Gasteiger partial charge < -0.3 is 10.1 Å². The fourth-order valence-electron chi connectivity index (χ4n) is 1.43. The Morgan fingerprint density at radius 1 is 1.35 bits per heavy atom. The Morgan fingerprint density at radius 3 is 2.55 bits per heavy atom. The summed E-state index contributed by atoms with van der Waals surface area (Å²) < 4.78 is 45.1. The molecule has 0 aromatic heterocycles. The van der Waals surface area contributed by atoms with Crippen LogP contribution in [0, 0.1) is 5.82 Å². The molecule has 1 aromatic carbocycles. The molecule has 0 aliphatic heterocycles. The summed E-state index contributed by atoms with van der Waals surface area (Å²) in [6.07, 6.45) is 0.636. The van der Waals surface area contributed by atoms with Crippen LogP contribution >= 0.6 is 28.3 Å². The van der Waals surface area contributed by atoms with E-state index in [9.17, 15) is 12.8 Å². The minimum atomic E-state index is -3.79. The van der Waals surface area contributed by atoms with Crippen molar-refractivity contribution < 1.29 is 17.5 Å². The smallest absolute Gasteiger partial charge is 0.244 e. The predicted octanol–water partition coefficient (Wildman–Crippen LogP) is 1.91. The Labute approximate surface area is 132 Å². The van der Waals surface area contributed by atoms with Gasteiger partial charge in [0.1, 0.15) is 16.5 Å². The van der Waals surface area contributed by atoms with Gasteiger partial charge in [-0.3, -0.25) is 0 Å². The zero-order valence-corrected chi connectivity index (χ0v) is 14.3. The minimum absolute atomic E-state index is 0. The van der Waals surface area contributed by atoms with Crippen molar-refractivity contribution in [3.8, 4) is 5.75 Å². The lowest BCUT2D eigenvalue weighted by Crippen LogP contribution is -2.27. The first-order valence-corrected chi connectivity index (χ1v) is 7.87. The molecule has 0 saturated heterocycles. The Kier molecular flexibility index (Phi) is 8.60. The van der Waals surface area contributed by atoms with Crippen molar-refractivity contribution in [2.75, 3.05) is 27.2 Å². The van der Waals surface area contributed by atoms with E-state index in [4.69, 9.17) is 4.74 Å². The maximum Gasteiger partial charge on any atom is 0.244 e. The topological polar surface area (TPSA) is 67.4 Å². The number of halogens is 3. The number of sulfonamides is 1. The molecule has 2 N–H and O–H groups in total. The highest BCUT2D eigenvalue weighted by molar-refractivity contribution is 9.10. The van der Waals surface area contributed by atoms with Crippen LogP contribution in [0.4, 0.5) is 4.39 Å². The van der Waals surface area contributed by atoms with Crippen LogP contribution in [0.5, 0.6) is 5.75 Å². The van der Waals surface area contributed by atoms with E-state index in [0.717, 1.165) is 6.07 Å². The van der Waals surface area contributed by atoms with Crippen LogP contribution in [-0.4, -0.2) is 35.7 Å². The summed E-state index contributed by atoms with van der Waals surface area (Å²) in [5.41, 5.74) is 0. The highest BCUT2D eigenvalue weighted by atomic mass is 79.9. The number of benzene rings is 1. The number of ether oxygens (including phenoxy) is 1. The molecule has 0 bridgehead atoms. The molecule has 0 unspecified atom stereocenters. The van der Waals surface area contributed by atoms with Crippen molar-refractivity contribution in [2.24, 2.45) is 0 Å². The van der Waals surface area contributed by atoms with E-state index < -0.39 is 15.8 Å². The van der Waals surface area contributed by atoms with Crippen molar-refractivity contribution in [3.63, 3.8) is 0 Å². The van der Waals surface area contributed by atoms with E-state index in [-0.39, 0.29) is 34.1 Å². The largest absolute Gasteiger partial charge is 0.495 e. The van der Waals surface area contributed by atoms with Crippen LogP contribution in [0.2, 0.25) is 0 Å². The van der Waals surface area contributed by atoms with Gasteiger partial charge >= 0.3 is 0 Å². The summed E-state index contributed by atoms with van der Waals surface area (Å²) in [4.78, 5) is -0.208. The van der Waals surface area contributed by atoms with Gasteiger partial charge in [0.2, 0.25) is 10.0 Å². The Balaban J connectivity index is 0.00000361. The van der Waals surface area contributed by atoms with E-state index >= 15 is 0 Å². The van der Waals surface area contributed by atoms with Crippen LogP contribution in [-0.2, 0) is 10.0 Å². The summed E-state index contributed by atoms with van der Waals surface area (Å²) in [6, 6.07) is 2.22. The van der Waals surface area contributed by atoms with E-state index in [1.807, 2.05) is 0 Å². The maximum atomic E-state index is 13.5. The fourth-order valence-corrected chi connectivity index (χ4v) is 2.99. The lowest BCUT2D eigenvalue weighted by Gasteiger charge is -2.11. The first kappa shape index (κ1) is 19.6. The normalized spacial score (nSPS) is 11.0. The van der Waals surface area contributed by atoms with Crippen molar-refractivity contribution in [1.29, 1.82) is 0 Å². The second-order valence-corrected chi connectivity index (χ2v) is 6.36. The standard InChI is InChI=1S/C11H16BrFN2O3S.ClH/c1-14-4-3-5-15-19(16,17)11-7-9(13)8(12)6-10(11)18-2;/h6-7,14-15H,3-5H2,1-2H3;1H. The maximum absolute atomic E-state index is 13.5. The molecule has 116 valence electrons. The van der Waals surface area contributed by atoms with Crippen LogP contribution in [0.25, 0.3) is 0 Å². The molecule has 0 aliphatic carbocycles. The number of methoxy groups -OCH3 is 1. The molecule has 1 aromatic rings. The van der Waals surface area contributed by atoms with Crippen molar-refractivity contribution in [1.82, 2.24) is 10.0 Å². The Morgan fingerprint density at radius 2 is 2.00 bits per heavy atom. The molecule has 0 spiro atoms. The summed E-state index contributed by atoms with van der Waals surface area (Å²) in [5, 5.41) is 2.91. The first-order chi connectivity index (χ1) is 8.92. The van der Waals surface area contributed by atoms with Crippen LogP contribution in [0.1, 0.15) is 6.42 Å². The quantitative estimate of drug-likeness (QED) is 0.697. The molecule has 0 aliphatic rings. The van der Waals surface area contributed by atoms with Gasteiger partial charge in [0.15, 0.2) is 0 Å². The average Bonchev–Trinajstić information content (AvgIpc) is 2.37. The number of hydrogen-bond donors (Lipinski definition) is 2. The second-order valence-electron chi connectivity index (χ2n) is 3.77. The highest BCUT2D eigenvalue weighted by Gasteiger charge is 2.21. The molecule has 0 fully saturated rings. The van der Waals surface area contributed by atoms with Gasteiger partial charge in [-0.2, -0.15) is 0 Å². The molecular formula is C11H17BrClFN2O3S. The molecule has 0 amide bonds. The van der Waals surface area contributed by atoms with Crippen LogP contribution < -0.4 is 14.8 Å². The third kappa shape index (κ3) is 5.17. The number of nitrogens with one attached hydrogen (secondary N) is 2. The zero-order chi connectivity index (χ0) is 14.5. The van der Waals surface area contributed by atoms with E-state index in [0.29, 0.717) is 13.0 Å². The summed E-state index contributed by atoms with van der Waals surface area (Å²) in [6.45, 7) is 0.957. The molecule has 20 heavy (non-hydrogen) atoms. The molecule has 0 radical (unpaired) electrons. The van der Waals surface area contributed by atoms with Crippen molar-refractivity contribution >= 4 is 38.4 Å². The molecule has 9 heteroatoms. The third-order valence-electron chi connectivity index (χ3n) is 2.39. The van der Waals surface area contributed by atoms with Crippen molar-refractivity contribution in [2.45, 2.75) is 11.3 Å². The lowest BCUT2D eigenvalue weighted by molar-refractivity contribution is 0.400. The minimum Gasteiger partial charge on any atom is -0.495 e. The van der Waals surface area contributed by atoms with Gasteiger partial charge in [-0.15, -0.1) is 12.4 Å².